The van der Waals surface area contributed by atoms with Gasteiger partial charge in [0, 0.05) is 19.6 Å². The Morgan fingerprint density at radius 1 is 1.11 bits per heavy atom. The zero-order chi connectivity index (χ0) is 21.7. The van der Waals surface area contributed by atoms with Crippen LogP contribution in [0.5, 0.6) is 0 Å². The molecule has 0 heterocycles. The zero-order valence-corrected chi connectivity index (χ0v) is 19.7. The minimum atomic E-state index is -0.503. The van der Waals surface area contributed by atoms with E-state index in [1.807, 2.05) is 20.8 Å². The van der Waals surface area contributed by atoms with E-state index in [9.17, 15) is 4.79 Å². The quantitative estimate of drug-likeness (QED) is 0.367. The van der Waals surface area contributed by atoms with Gasteiger partial charge in [-0.25, -0.2) is 4.79 Å². The molecule has 0 aromatic carbocycles. The molecule has 2 atom stereocenters. The van der Waals surface area contributed by atoms with Crippen LogP contribution in [0.1, 0.15) is 68.2 Å². The topological polar surface area (TPSA) is 78.0 Å². The summed E-state index contributed by atoms with van der Waals surface area (Å²) in [4.78, 5) is 18.8. The van der Waals surface area contributed by atoms with E-state index in [1.54, 1.807) is 7.05 Å². The number of ether oxygens (including phenoxy) is 1. The number of nitrogens with one attached hydrogen (secondary N) is 3. The summed E-state index contributed by atoms with van der Waals surface area (Å²) in [6, 6.07) is 0.282. The number of amides is 1. The number of carbonyl (C=O) groups excluding carboxylic acids is 1. The van der Waals surface area contributed by atoms with Gasteiger partial charge >= 0.3 is 6.09 Å². The van der Waals surface area contributed by atoms with Gasteiger partial charge in [-0.3, -0.25) is 4.99 Å². The SMILES string of the molecule is CCN(CC)CCCC(C)NC(=NC)NCC(NC(=O)OC(C)(C)C)C(C)C. The minimum absolute atomic E-state index is 0.0497. The van der Waals surface area contributed by atoms with Crippen LogP contribution >= 0.6 is 0 Å². The van der Waals surface area contributed by atoms with E-state index in [1.165, 1.54) is 0 Å². The second kappa shape index (κ2) is 13.6. The summed E-state index contributed by atoms with van der Waals surface area (Å²) in [7, 11) is 1.77. The van der Waals surface area contributed by atoms with E-state index in [0.29, 0.717) is 12.6 Å². The van der Waals surface area contributed by atoms with Gasteiger partial charge in [-0.1, -0.05) is 27.7 Å². The molecule has 28 heavy (non-hydrogen) atoms. The molecule has 3 N–H and O–H groups in total. The molecule has 0 saturated carbocycles. The van der Waals surface area contributed by atoms with Crippen molar-refractivity contribution in [2.24, 2.45) is 10.9 Å². The van der Waals surface area contributed by atoms with Crippen LogP contribution in [-0.4, -0.2) is 67.9 Å². The van der Waals surface area contributed by atoms with E-state index in [2.05, 4.69) is 60.5 Å². The lowest BCUT2D eigenvalue weighted by Gasteiger charge is -2.27. The van der Waals surface area contributed by atoms with Gasteiger partial charge < -0.3 is 25.6 Å². The summed E-state index contributed by atoms with van der Waals surface area (Å²) in [6.07, 6.45) is 1.85. The lowest BCUT2D eigenvalue weighted by molar-refractivity contribution is 0.0491. The molecule has 7 nitrogen and oxygen atoms in total. The maximum atomic E-state index is 12.1. The third-order valence-electron chi connectivity index (χ3n) is 4.61. The van der Waals surface area contributed by atoms with Crippen LogP contribution in [-0.2, 0) is 4.74 Å². The first-order chi connectivity index (χ1) is 13.0. The monoisotopic (exact) mass is 399 g/mol. The van der Waals surface area contributed by atoms with E-state index >= 15 is 0 Å². The first kappa shape index (κ1) is 26.5. The Morgan fingerprint density at radius 3 is 2.18 bits per heavy atom. The summed E-state index contributed by atoms with van der Waals surface area (Å²) in [5, 5.41) is 9.72. The lowest BCUT2D eigenvalue weighted by Crippen LogP contribution is -2.51. The average molecular weight is 400 g/mol. The number of alkyl carbamates (subject to hydrolysis) is 1. The van der Waals surface area contributed by atoms with Crippen molar-refractivity contribution >= 4 is 12.1 Å². The smallest absolute Gasteiger partial charge is 0.407 e. The fraction of sp³-hybridized carbons (Fsp3) is 0.905. The highest BCUT2D eigenvalue weighted by atomic mass is 16.6. The Hall–Kier alpha value is -1.50. The maximum Gasteiger partial charge on any atom is 0.407 e. The maximum absolute atomic E-state index is 12.1. The molecule has 0 aliphatic heterocycles. The van der Waals surface area contributed by atoms with Gasteiger partial charge in [-0.15, -0.1) is 0 Å². The summed E-state index contributed by atoms with van der Waals surface area (Å²) in [5.41, 5.74) is -0.503. The zero-order valence-electron chi connectivity index (χ0n) is 19.7. The summed E-state index contributed by atoms with van der Waals surface area (Å²) < 4.78 is 5.37. The van der Waals surface area contributed by atoms with Crippen LogP contribution < -0.4 is 16.0 Å². The van der Waals surface area contributed by atoms with Crippen molar-refractivity contribution in [3.8, 4) is 0 Å². The molecule has 166 valence electrons. The van der Waals surface area contributed by atoms with Crippen molar-refractivity contribution in [3.63, 3.8) is 0 Å². The molecule has 0 bridgehead atoms. The number of carbonyl (C=O) groups is 1. The Morgan fingerprint density at radius 2 is 1.71 bits per heavy atom. The number of aliphatic imine (C=N–C) groups is 1. The normalized spacial score (nSPS) is 14.8. The predicted octanol–water partition coefficient (Wildman–Crippen LogP) is 3.21. The van der Waals surface area contributed by atoms with E-state index in [0.717, 1.165) is 38.4 Å². The van der Waals surface area contributed by atoms with Gasteiger partial charge in [-0.05, 0) is 66.1 Å². The van der Waals surface area contributed by atoms with Gasteiger partial charge in [0.25, 0.3) is 0 Å². The van der Waals surface area contributed by atoms with Crippen LogP contribution in [0.4, 0.5) is 4.79 Å². The summed E-state index contributed by atoms with van der Waals surface area (Å²) in [5.74, 6) is 1.02. The van der Waals surface area contributed by atoms with Crippen LogP contribution in [0.3, 0.4) is 0 Å². The number of guanidine groups is 1. The summed E-state index contributed by atoms with van der Waals surface area (Å²) >= 11 is 0. The fourth-order valence-electron chi connectivity index (χ4n) is 2.78. The third-order valence-corrected chi connectivity index (χ3v) is 4.61. The largest absolute Gasteiger partial charge is 0.444 e. The van der Waals surface area contributed by atoms with Crippen molar-refractivity contribution in [1.82, 2.24) is 20.9 Å². The van der Waals surface area contributed by atoms with Crippen LogP contribution in [0, 0.1) is 5.92 Å². The van der Waals surface area contributed by atoms with E-state index in [-0.39, 0.29) is 18.1 Å². The molecule has 0 radical (unpaired) electrons. The van der Waals surface area contributed by atoms with E-state index in [4.69, 9.17) is 4.74 Å². The van der Waals surface area contributed by atoms with Crippen molar-refractivity contribution in [1.29, 1.82) is 0 Å². The Kier molecular flexibility index (Phi) is 12.9. The fourth-order valence-corrected chi connectivity index (χ4v) is 2.78. The van der Waals surface area contributed by atoms with Crippen molar-refractivity contribution in [3.05, 3.63) is 0 Å². The van der Waals surface area contributed by atoms with Gasteiger partial charge in [-0.2, -0.15) is 0 Å². The predicted molar refractivity (Wildman–Crippen MR) is 119 cm³/mol. The molecule has 0 fully saturated rings. The highest BCUT2D eigenvalue weighted by Crippen LogP contribution is 2.08. The molecule has 7 heteroatoms. The molecule has 0 rings (SSSR count). The molecule has 1 amide bonds. The second-order valence-electron chi connectivity index (χ2n) is 8.66. The van der Waals surface area contributed by atoms with Gasteiger partial charge in [0.15, 0.2) is 5.96 Å². The van der Waals surface area contributed by atoms with Crippen LogP contribution in [0.15, 0.2) is 4.99 Å². The molecule has 0 spiro atoms. The number of rotatable bonds is 11. The molecule has 0 aliphatic rings. The second-order valence-corrected chi connectivity index (χ2v) is 8.66. The Balaban J connectivity index is 4.45. The lowest BCUT2D eigenvalue weighted by atomic mass is 10.0. The van der Waals surface area contributed by atoms with Crippen LogP contribution in [0.2, 0.25) is 0 Å². The molecule has 2 unspecified atom stereocenters. The number of hydrogen-bond donors (Lipinski definition) is 3. The average Bonchev–Trinajstić information content (AvgIpc) is 2.59. The van der Waals surface area contributed by atoms with Gasteiger partial charge in [0.05, 0.1) is 6.04 Å². The Bertz CT molecular complexity index is 456. The summed E-state index contributed by atoms with van der Waals surface area (Å²) in [6.45, 7) is 20.2. The first-order valence-corrected chi connectivity index (χ1v) is 10.7. The number of nitrogens with zero attached hydrogens (tertiary/aromatic N) is 2. The molecular weight excluding hydrogens is 354 g/mol. The van der Waals surface area contributed by atoms with Crippen molar-refractivity contribution in [2.75, 3.05) is 33.2 Å². The van der Waals surface area contributed by atoms with Gasteiger partial charge in [0.2, 0.25) is 0 Å². The van der Waals surface area contributed by atoms with E-state index < -0.39 is 5.60 Å². The number of hydrogen-bond acceptors (Lipinski definition) is 4. The van der Waals surface area contributed by atoms with Crippen molar-refractivity contribution in [2.45, 2.75) is 85.9 Å². The van der Waals surface area contributed by atoms with Gasteiger partial charge in [0.1, 0.15) is 5.60 Å². The first-order valence-electron chi connectivity index (χ1n) is 10.7. The van der Waals surface area contributed by atoms with Crippen LogP contribution in [0.25, 0.3) is 0 Å². The van der Waals surface area contributed by atoms with Crippen molar-refractivity contribution < 1.29 is 9.53 Å². The molecule has 0 saturated heterocycles. The third kappa shape index (κ3) is 12.8. The highest BCUT2D eigenvalue weighted by Gasteiger charge is 2.21. The molecule has 0 aromatic rings. The molecule has 0 aromatic heterocycles. The highest BCUT2D eigenvalue weighted by molar-refractivity contribution is 5.80. The molecule has 0 aliphatic carbocycles. The molecular formula is C21H45N5O2. The minimum Gasteiger partial charge on any atom is -0.444 e. The standard InChI is InChI=1S/C21H45N5O2/c1-10-26(11-2)14-12-13-17(5)24-19(22-9)23-15-18(16(3)4)25-20(27)28-21(6,7)8/h16-18H,10-15H2,1-9H3,(H,25,27)(H2,22,23,24). The Labute approximate surface area is 173 Å².